The molecule has 0 N–H and O–H groups in total. The molecule has 0 atom stereocenters. The Kier molecular flexibility index (Phi) is 4.27. The second-order valence-corrected chi connectivity index (χ2v) is 6.21. The fourth-order valence-corrected chi connectivity index (χ4v) is 3.46. The van der Waals surface area contributed by atoms with Crippen molar-refractivity contribution in [2.24, 2.45) is 0 Å². The fourth-order valence-electron chi connectivity index (χ4n) is 3.33. The fraction of sp³-hybridized carbons (Fsp3) is 0.562. The third-order valence-corrected chi connectivity index (χ3v) is 4.79. The second-order valence-electron chi connectivity index (χ2n) is 5.77. The zero-order chi connectivity index (χ0) is 13.9. The molecule has 3 rings (SSSR count). The van der Waals surface area contributed by atoms with Gasteiger partial charge in [-0.15, -0.1) is 0 Å². The lowest BCUT2D eigenvalue weighted by Crippen LogP contribution is -2.51. The summed E-state index contributed by atoms with van der Waals surface area (Å²) in [4.78, 5) is 16.9. The van der Waals surface area contributed by atoms with Gasteiger partial charge in [0, 0.05) is 42.8 Å². The molecule has 1 aliphatic carbocycles. The molecule has 1 aromatic rings. The largest absolute Gasteiger partial charge is 0.336 e. The molecule has 0 radical (unpaired) electrons. The summed E-state index contributed by atoms with van der Waals surface area (Å²) in [6.07, 6.45) is 5.42. The van der Waals surface area contributed by atoms with Crippen molar-refractivity contribution in [3.8, 4) is 0 Å². The molecule has 1 aromatic carbocycles. The first-order valence-corrected chi connectivity index (χ1v) is 7.91. The maximum Gasteiger partial charge on any atom is 0.253 e. The third-order valence-electron chi connectivity index (χ3n) is 4.53. The van der Waals surface area contributed by atoms with E-state index in [9.17, 15) is 4.79 Å². The number of hydrogen-bond donors (Lipinski definition) is 0. The highest BCUT2D eigenvalue weighted by Gasteiger charge is 2.28. The van der Waals surface area contributed by atoms with Crippen LogP contribution >= 0.6 is 11.6 Å². The Labute approximate surface area is 125 Å². The third kappa shape index (κ3) is 2.99. The molecule has 1 saturated carbocycles. The first kappa shape index (κ1) is 13.9. The van der Waals surface area contributed by atoms with Crippen LogP contribution in [0.4, 0.5) is 0 Å². The van der Waals surface area contributed by atoms with E-state index in [-0.39, 0.29) is 5.91 Å². The van der Waals surface area contributed by atoms with Gasteiger partial charge in [-0.3, -0.25) is 9.69 Å². The van der Waals surface area contributed by atoms with Gasteiger partial charge < -0.3 is 4.90 Å². The molecular formula is C16H21ClN2O. The highest BCUT2D eigenvalue weighted by atomic mass is 35.5. The van der Waals surface area contributed by atoms with Gasteiger partial charge in [0.2, 0.25) is 0 Å². The van der Waals surface area contributed by atoms with Crippen LogP contribution in [0.3, 0.4) is 0 Å². The van der Waals surface area contributed by atoms with Crippen molar-refractivity contribution < 1.29 is 4.79 Å². The van der Waals surface area contributed by atoms with Crippen LogP contribution in [-0.4, -0.2) is 47.9 Å². The molecule has 4 heteroatoms. The normalized spacial score (nSPS) is 21.4. The molecule has 2 aliphatic rings. The zero-order valence-corrected chi connectivity index (χ0v) is 12.5. The van der Waals surface area contributed by atoms with E-state index in [2.05, 4.69) is 4.90 Å². The van der Waals surface area contributed by atoms with Crippen LogP contribution in [0, 0.1) is 0 Å². The van der Waals surface area contributed by atoms with E-state index in [1.807, 2.05) is 17.0 Å². The van der Waals surface area contributed by atoms with Crippen LogP contribution in [0.15, 0.2) is 24.3 Å². The SMILES string of the molecule is O=C(c1ccc(Cl)cc1)N1CCN(C2CCCC2)CC1. The average Bonchev–Trinajstić information content (AvgIpc) is 3.02. The molecule has 1 saturated heterocycles. The average molecular weight is 293 g/mol. The molecule has 20 heavy (non-hydrogen) atoms. The molecule has 0 bridgehead atoms. The molecule has 0 aromatic heterocycles. The number of amides is 1. The topological polar surface area (TPSA) is 23.6 Å². The summed E-state index contributed by atoms with van der Waals surface area (Å²) in [5.41, 5.74) is 0.740. The molecule has 108 valence electrons. The minimum atomic E-state index is 0.132. The predicted molar refractivity (Wildman–Crippen MR) is 81.2 cm³/mol. The summed E-state index contributed by atoms with van der Waals surface area (Å²) in [6, 6.07) is 7.96. The van der Waals surface area contributed by atoms with Gasteiger partial charge in [0.05, 0.1) is 0 Å². The maximum absolute atomic E-state index is 12.4. The van der Waals surface area contributed by atoms with E-state index in [1.165, 1.54) is 25.7 Å². The van der Waals surface area contributed by atoms with Crippen molar-refractivity contribution in [3.63, 3.8) is 0 Å². The Morgan fingerprint density at radius 3 is 2.20 bits per heavy atom. The number of carbonyl (C=O) groups is 1. The van der Waals surface area contributed by atoms with Gasteiger partial charge in [-0.25, -0.2) is 0 Å². The highest BCUT2D eigenvalue weighted by Crippen LogP contribution is 2.24. The van der Waals surface area contributed by atoms with Crippen molar-refractivity contribution in [2.75, 3.05) is 26.2 Å². The minimum Gasteiger partial charge on any atom is -0.336 e. The first-order valence-electron chi connectivity index (χ1n) is 7.53. The van der Waals surface area contributed by atoms with Crippen molar-refractivity contribution in [1.82, 2.24) is 9.80 Å². The van der Waals surface area contributed by atoms with Crippen molar-refractivity contribution in [3.05, 3.63) is 34.9 Å². The molecular weight excluding hydrogens is 272 g/mol. The number of hydrogen-bond acceptors (Lipinski definition) is 2. The lowest BCUT2D eigenvalue weighted by Gasteiger charge is -2.38. The van der Waals surface area contributed by atoms with E-state index in [4.69, 9.17) is 11.6 Å². The Balaban J connectivity index is 1.57. The maximum atomic E-state index is 12.4. The van der Waals surface area contributed by atoms with Crippen LogP contribution in [0.25, 0.3) is 0 Å². The standard InChI is InChI=1S/C16H21ClN2O/c17-14-7-5-13(6-8-14)16(20)19-11-9-18(10-12-19)15-3-1-2-4-15/h5-8,15H,1-4,9-12H2. The number of nitrogens with zero attached hydrogens (tertiary/aromatic N) is 2. The van der Waals surface area contributed by atoms with Gasteiger partial charge >= 0.3 is 0 Å². The summed E-state index contributed by atoms with van der Waals surface area (Å²) < 4.78 is 0. The van der Waals surface area contributed by atoms with Gasteiger partial charge in [-0.2, -0.15) is 0 Å². The van der Waals surface area contributed by atoms with E-state index >= 15 is 0 Å². The van der Waals surface area contributed by atoms with Gasteiger partial charge in [-0.05, 0) is 37.1 Å². The Morgan fingerprint density at radius 2 is 1.60 bits per heavy atom. The predicted octanol–water partition coefficient (Wildman–Crippen LogP) is 3.04. The monoisotopic (exact) mass is 292 g/mol. The van der Waals surface area contributed by atoms with Crippen LogP contribution < -0.4 is 0 Å². The molecule has 1 heterocycles. The molecule has 0 spiro atoms. The van der Waals surface area contributed by atoms with Crippen LogP contribution in [-0.2, 0) is 0 Å². The lowest BCUT2D eigenvalue weighted by atomic mass is 10.1. The van der Waals surface area contributed by atoms with E-state index in [0.717, 1.165) is 37.8 Å². The van der Waals surface area contributed by atoms with Gasteiger partial charge in [0.1, 0.15) is 0 Å². The van der Waals surface area contributed by atoms with E-state index in [0.29, 0.717) is 5.02 Å². The molecule has 1 aliphatic heterocycles. The molecule has 2 fully saturated rings. The van der Waals surface area contributed by atoms with E-state index in [1.54, 1.807) is 12.1 Å². The summed E-state index contributed by atoms with van der Waals surface area (Å²) in [5.74, 6) is 0.132. The number of piperazine rings is 1. The highest BCUT2D eigenvalue weighted by molar-refractivity contribution is 6.30. The van der Waals surface area contributed by atoms with Crippen molar-refractivity contribution >= 4 is 17.5 Å². The zero-order valence-electron chi connectivity index (χ0n) is 11.7. The quantitative estimate of drug-likeness (QED) is 0.836. The number of benzene rings is 1. The lowest BCUT2D eigenvalue weighted by molar-refractivity contribution is 0.0573. The summed E-state index contributed by atoms with van der Waals surface area (Å²) >= 11 is 5.86. The Morgan fingerprint density at radius 1 is 1.00 bits per heavy atom. The number of halogens is 1. The van der Waals surface area contributed by atoms with E-state index < -0.39 is 0 Å². The Bertz CT molecular complexity index is 460. The summed E-state index contributed by atoms with van der Waals surface area (Å²) in [5, 5.41) is 0.674. The first-order chi connectivity index (χ1) is 9.74. The van der Waals surface area contributed by atoms with Gasteiger partial charge in [0.25, 0.3) is 5.91 Å². The van der Waals surface area contributed by atoms with Gasteiger partial charge in [-0.1, -0.05) is 24.4 Å². The van der Waals surface area contributed by atoms with Crippen LogP contribution in [0.2, 0.25) is 5.02 Å². The van der Waals surface area contributed by atoms with Crippen LogP contribution in [0.1, 0.15) is 36.0 Å². The summed E-state index contributed by atoms with van der Waals surface area (Å²) in [6.45, 7) is 3.73. The molecule has 1 amide bonds. The van der Waals surface area contributed by atoms with Crippen LogP contribution in [0.5, 0.6) is 0 Å². The summed E-state index contributed by atoms with van der Waals surface area (Å²) in [7, 11) is 0. The number of rotatable bonds is 2. The van der Waals surface area contributed by atoms with Crippen molar-refractivity contribution in [2.45, 2.75) is 31.7 Å². The second kappa shape index (κ2) is 6.15. The Hall–Kier alpha value is -1.06. The minimum absolute atomic E-state index is 0.132. The smallest absolute Gasteiger partial charge is 0.253 e. The van der Waals surface area contributed by atoms with Crippen molar-refractivity contribution in [1.29, 1.82) is 0 Å². The number of carbonyl (C=O) groups excluding carboxylic acids is 1. The molecule has 3 nitrogen and oxygen atoms in total. The van der Waals surface area contributed by atoms with Gasteiger partial charge in [0.15, 0.2) is 0 Å². The molecule has 0 unspecified atom stereocenters.